The van der Waals surface area contributed by atoms with Gasteiger partial charge in [0.25, 0.3) is 0 Å². The van der Waals surface area contributed by atoms with E-state index in [2.05, 4.69) is 16.0 Å². The molecule has 1 unspecified atom stereocenters. The standard InChI is InChI=1S/C12H25N3O4/c1-10(9-19-3)15-12(17)8-13-5-4-11(16)14-6-7-18-2/h10,13H,4-9H2,1-3H3,(H,14,16)(H,15,17). The minimum atomic E-state index is -0.107. The van der Waals surface area contributed by atoms with E-state index in [9.17, 15) is 9.59 Å². The molecule has 3 N–H and O–H groups in total. The number of ether oxygens (including phenoxy) is 2. The van der Waals surface area contributed by atoms with Crippen LogP contribution in [0.5, 0.6) is 0 Å². The highest BCUT2D eigenvalue weighted by Crippen LogP contribution is 1.82. The molecule has 0 heterocycles. The Bertz CT molecular complexity index is 261. The van der Waals surface area contributed by atoms with Gasteiger partial charge in [0.1, 0.15) is 0 Å². The molecule has 0 aromatic heterocycles. The number of hydrogen-bond acceptors (Lipinski definition) is 5. The molecule has 1 atom stereocenters. The van der Waals surface area contributed by atoms with Gasteiger partial charge < -0.3 is 25.4 Å². The highest BCUT2D eigenvalue weighted by molar-refractivity contribution is 5.78. The molecule has 0 rings (SSSR count). The minimum absolute atomic E-state index is 0.0170. The molecule has 0 aromatic carbocycles. The zero-order valence-corrected chi connectivity index (χ0v) is 12.0. The summed E-state index contributed by atoms with van der Waals surface area (Å²) >= 11 is 0. The van der Waals surface area contributed by atoms with E-state index in [4.69, 9.17) is 9.47 Å². The fraction of sp³-hybridized carbons (Fsp3) is 0.833. The zero-order valence-electron chi connectivity index (χ0n) is 12.0. The number of methoxy groups -OCH3 is 2. The van der Waals surface area contributed by atoms with E-state index in [1.165, 1.54) is 0 Å². The molecule has 0 saturated carbocycles. The molecule has 0 bridgehead atoms. The molecule has 2 amide bonds. The second kappa shape index (κ2) is 11.9. The predicted molar refractivity (Wildman–Crippen MR) is 71.9 cm³/mol. The summed E-state index contributed by atoms with van der Waals surface area (Å²) in [7, 11) is 3.17. The summed E-state index contributed by atoms with van der Waals surface area (Å²) in [6.45, 7) is 4.01. The van der Waals surface area contributed by atoms with E-state index in [-0.39, 0.29) is 24.4 Å². The van der Waals surface area contributed by atoms with Crippen LogP contribution in [0.1, 0.15) is 13.3 Å². The first kappa shape index (κ1) is 17.8. The van der Waals surface area contributed by atoms with Crippen LogP contribution in [0.25, 0.3) is 0 Å². The Hall–Kier alpha value is -1.18. The molecule has 0 spiro atoms. The predicted octanol–water partition coefficient (Wildman–Crippen LogP) is -1.12. The summed E-state index contributed by atoms with van der Waals surface area (Å²) in [5, 5.41) is 8.38. The highest BCUT2D eigenvalue weighted by Gasteiger charge is 2.06. The van der Waals surface area contributed by atoms with Crippen molar-refractivity contribution in [1.82, 2.24) is 16.0 Å². The van der Waals surface area contributed by atoms with E-state index in [0.717, 1.165) is 0 Å². The summed E-state index contributed by atoms with van der Waals surface area (Å²) in [4.78, 5) is 22.7. The highest BCUT2D eigenvalue weighted by atomic mass is 16.5. The Morgan fingerprint density at radius 2 is 1.84 bits per heavy atom. The molecular weight excluding hydrogens is 250 g/mol. The van der Waals surface area contributed by atoms with Gasteiger partial charge in [-0.1, -0.05) is 0 Å². The Morgan fingerprint density at radius 1 is 1.11 bits per heavy atom. The van der Waals surface area contributed by atoms with E-state index < -0.39 is 0 Å². The molecule has 0 aliphatic rings. The smallest absolute Gasteiger partial charge is 0.234 e. The summed E-state index contributed by atoms with van der Waals surface area (Å²) in [6.07, 6.45) is 0.338. The van der Waals surface area contributed by atoms with Crippen LogP contribution in [0, 0.1) is 0 Å². The van der Waals surface area contributed by atoms with E-state index in [0.29, 0.717) is 32.7 Å². The van der Waals surface area contributed by atoms with Crippen LogP contribution in [-0.4, -0.2) is 64.9 Å². The van der Waals surface area contributed by atoms with Crippen molar-refractivity contribution < 1.29 is 19.1 Å². The van der Waals surface area contributed by atoms with Crippen molar-refractivity contribution in [1.29, 1.82) is 0 Å². The molecule has 0 radical (unpaired) electrons. The van der Waals surface area contributed by atoms with Crippen molar-refractivity contribution in [2.24, 2.45) is 0 Å². The third-order valence-electron chi connectivity index (χ3n) is 2.27. The van der Waals surface area contributed by atoms with Gasteiger partial charge in [-0.3, -0.25) is 9.59 Å². The second-order valence-corrected chi connectivity index (χ2v) is 4.19. The summed E-state index contributed by atoms with van der Waals surface area (Å²) in [5.41, 5.74) is 0. The number of carbonyl (C=O) groups excluding carboxylic acids is 2. The molecular formula is C12H25N3O4. The van der Waals surface area contributed by atoms with Gasteiger partial charge in [0.2, 0.25) is 11.8 Å². The average molecular weight is 275 g/mol. The molecule has 0 aliphatic heterocycles. The van der Waals surface area contributed by atoms with Gasteiger partial charge in [-0.2, -0.15) is 0 Å². The summed E-state index contributed by atoms with van der Waals surface area (Å²) in [6, 6.07) is -0.0170. The lowest BCUT2D eigenvalue weighted by Gasteiger charge is -2.13. The first-order chi connectivity index (χ1) is 9.10. The molecule has 0 saturated heterocycles. The Labute approximate surface area is 114 Å². The summed E-state index contributed by atoms with van der Waals surface area (Å²) in [5.74, 6) is -0.165. The van der Waals surface area contributed by atoms with Crippen LogP contribution in [-0.2, 0) is 19.1 Å². The Morgan fingerprint density at radius 3 is 2.47 bits per heavy atom. The maximum atomic E-state index is 11.4. The third kappa shape index (κ3) is 11.6. The summed E-state index contributed by atoms with van der Waals surface area (Å²) < 4.78 is 9.72. The molecule has 0 aromatic rings. The first-order valence-electron chi connectivity index (χ1n) is 6.34. The number of amides is 2. The normalized spacial score (nSPS) is 11.9. The largest absolute Gasteiger partial charge is 0.383 e. The molecule has 7 nitrogen and oxygen atoms in total. The van der Waals surface area contributed by atoms with Crippen LogP contribution in [0.15, 0.2) is 0 Å². The van der Waals surface area contributed by atoms with Crippen LogP contribution < -0.4 is 16.0 Å². The quantitative estimate of drug-likeness (QED) is 0.416. The van der Waals surface area contributed by atoms with Crippen molar-refractivity contribution in [3.63, 3.8) is 0 Å². The van der Waals surface area contributed by atoms with Crippen molar-refractivity contribution in [2.45, 2.75) is 19.4 Å². The van der Waals surface area contributed by atoms with E-state index in [1.807, 2.05) is 6.92 Å². The van der Waals surface area contributed by atoms with Gasteiger partial charge in [-0.25, -0.2) is 0 Å². The van der Waals surface area contributed by atoms with Crippen LogP contribution in [0.2, 0.25) is 0 Å². The van der Waals surface area contributed by atoms with Gasteiger partial charge in [0.15, 0.2) is 0 Å². The van der Waals surface area contributed by atoms with Crippen molar-refractivity contribution in [3.8, 4) is 0 Å². The van der Waals surface area contributed by atoms with Gasteiger partial charge in [-0.15, -0.1) is 0 Å². The number of carbonyl (C=O) groups is 2. The van der Waals surface area contributed by atoms with Gasteiger partial charge in [0, 0.05) is 39.8 Å². The maximum absolute atomic E-state index is 11.4. The Balaban J connectivity index is 3.47. The maximum Gasteiger partial charge on any atom is 0.234 e. The lowest BCUT2D eigenvalue weighted by Crippen LogP contribution is -2.41. The van der Waals surface area contributed by atoms with Crippen molar-refractivity contribution in [3.05, 3.63) is 0 Å². The molecule has 0 fully saturated rings. The molecule has 112 valence electrons. The first-order valence-corrected chi connectivity index (χ1v) is 6.34. The number of hydrogen-bond donors (Lipinski definition) is 3. The van der Waals surface area contributed by atoms with Crippen LogP contribution >= 0.6 is 0 Å². The average Bonchev–Trinajstić information content (AvgIpc) is 2.35. The number of rotatable bonds is 11. The SMILES string of the molecule is COCCNC(=O)CCNCC(=O)NC(C)COC. The van der Waals surface area contributed by atoms with Gasteiger partial charge in [-0.05, 0) is 6.92 Å². The minimum Gasteiger partial charge on any atom is -0.383 e. The second-order valence-electron chi connectivity index (χ2n) is 4.19. The van der Waals surface area contributed by atoms with E-state index in [1.54, 1.807) is 14.2 Å². The molecule has 0 aliphatic carbocycles. The van der Waals surface area contributed by atoms with Crippen LogP contribution in [0.4, 0.5) is 0 Å². The topological polar surface area (TPSA) is 88.7 Å². The monoisotopic (exact) mass is 275 g/mol. The zero-order chi connectivity index (χ0) is 14.5. The number of nitrogens with one attached hydrogen (secondary N) is 3. The third-order valence-corrected chi connectivity index (χ3v) is 2.27. The lowest BCUT2D eigenvalue weighted by atomic mass is 10.3. The lowest BCUT2D eigenvalue weighted by molar-refractivity contribution is -0.122. The van der Waals surface area contributed by atoms with Gasteiger partial charge >= 0.3 is 0 Å². The fourth-order valence-electron chi connectivity index (χ4n) is 1.40. The fourth-order valence-corrected chi connectivity index (χ4v) is 1.40. The Kier molecular flexibility index (Phi) is 11.1. The molecule has 7 heteroatoms. The van der Waals surface area contributed by atoms with Crippen LogP contribution in [0.3, 0.4) is 0 Å². The van der Waals surface area contributed by atoms with Crippen molar-refractivity contribution >= 4 is 11.8 Å². The van der Waals surface area contributed by atoms with Crippen molar-refractivity contribution in [2.75, 3.05) is 47.1 Å². The van der Waals surface area contributed by atoms with Gasteiger partial charge in [0.05, 0.1) is 19.8 Å². The van der Waals surface area contributed by atoms with E-state index >= 15 is 0 Å². The molecule has 19 heavy (non-hydrogen) atoms.